The molecule has 2 atom stereocenters. The lowest BCUT2D eigenvalue weighted by atomic mass is 9.79. The molecule has 2 aliphatic rings. The average molecular weight is 362 g/mol. The van der Waals surface area contributed by atoms with Gasteiger partial charge in [-0.25, -0.2) is 0 Å². The number of rotatable bonds is 4. The first-order valence-corrected chi connectivity index (χ1v) is 9.68. The van der Waals surface area contributed by atoms with Gasteiger partial charge in [0, 0.05) is 44.5 Å². The summed E-state index contributed by atoms with van der Waals surface area (Å²) in [5.74, 6) is 0.526. The molecule has 3 rings (SSSR count). The minimum absolute atomic E-state index is 0.0511. The minimum atomic E-state index is -0.264. The van der Waals surface area contributed by atoms with E-state index in [9.17, 15) is 9.59 Å². The number of carbonyl (C=O) groups is 1. The second kappa shape index (κ2) is 8.35. The van der Waals surface area contributed by atoms with Crippen molar-refractivity contribution in [2.75, 3.05) is 26.4 Å². The van der Waals surface area contributed by atoms with Crippen molar-refractivity contribution >= 4 is 5.91 Å². The molecule has 0 spiro atoms. The van der Waals surface area contributed by atoms with E-state index in [-0.39, 0.29) is 29.0 Å². The number of hydrogen-bond acceptors (Lipinski definition) is 4. The van der Waals surface area contributed by atoms with Gasteiger partial charge in [-0.05, 0) is 50.2 Å². The van der Waals surface area contributed by atoms with Gasteiger partial charge in [-0.2, -0.15) is 0 Å². The number of pyridine rings is 1. The Morgan fingerprint density at radius 3 is 2.62 bits per heavy atom. The van der Waals surface area contributed by atoms with Gasteiger partial charge in [0.25, 0.3) is 11.5 Å². The lowest BCUT2D eigenvalue weighted by molar-refractivity contribution is -0.0259. The van der Waals surface area contributed by atoms with Crippen LogP contribution in [0.25, 0.3) is 0 Å². The Morgan fingerprint density at radius 1 is 1.23 bits per heavy atom. The molecule has 1 aromatic rings. The van der Waals surface area contributed by atoms with Crippen LogP contribution in [0.15, 0.2) is 10.9 Å². The van der Waals surface area contributed by atoms with Crippen molar-refractivity contribution in [2.45, 2.75) is 45.6 Å². The van der Waals surface area contributed by atoms with Gasteiger partial charge in [-0.15, -0.1) is 0 Å². The molecule has 1 aromatic heterocycles. The summed E-state index contributed by atoms with van der Waals surface area (Å²) in [6.45, 7) is 6.84. The molecule has 1 N–H and O–H groups in total. The second-order valence-corrected chi connectivity index (χ2v) is 7.46. The Kier molecular flexibility index (Phi) is 6.14. The number of nitrogens with one attached hydrogen (secondary N) is 1. The summed E-state index contributed by atoms with van der Waals surface area (Å²) in [4.78, 5) is 25.5. The third kappa shape index (κ3) is 3.86. The van der Waals surface area contributed by atoms with Crippen LogP contribution < -0.4 is 10.9 Å². The fourth-order valence-electron chi connectivity index (χ4n) is 4.40. The highest BCUT2D eigenvalue weighted by atomic mass is 16.5. The molecule has 0 bridgehead atoms. The van der Waals surface area contributed by atoms with Gasteiger partial charge >= 0.3 is 0 Å². The number of carbonyl (C=O) groups excluding carboxylic acids is 1. The molecule has 2 aliphatic heterocycles. The van der Waals surface area contributed by atoms with E-state index in [1.54, 1.807) is 17.7 Å². The SMILES string of the molecule is CCc1c(C)cc(C(=O)N[C@H]2CCOC[C@H]2C2CCOCC2)c(=O)n1C. The molecule has 6 nitrogen and oxygen atoms in total. The Balaban J connectivity index is 1.78. The summed E-state index contributed by atoms with van der Waals surface area (Å²) in [5, 5.41) is 3.14. The van der Waals surface area contributed by atoms with Gasteiger partial charge in [0.15, 0.2) is 0 Å². The Bertz CT molecular complexity index is 706. The molecule has 2 fully saturated rings. The zero-order chi connectivity index (χ0) is 18.7. The van der Waals surface area contributed by atoms with E-state index in [2.05, 4.69) is 5.32 Å². The van der Waals surface area contributed by atoms with Crippen LogP contribution in [0.3, 0.4) is 0 Å². The summed E-state index contributed by atoms with van der Waals surface area (Å²) in [7, 11) is 1.74. The number of nitrogens with zero attached hydrogens (tertiary/aromatic N) is 1. The highest BCUT2D eigenvalue weighted by Gasteiger charge is 2.34. The average Bonchev–Trinajstić information content (AvgIpc) is 2.66. The number of aryl methyl sites for hydroxylation is 1. The van der Waals surface area contributed by atoms with Gasteiger partial charge in [-0.1, -0.05) is 6.92 Å². The predicted octanol–water partition coefficient (Wildman–Crippen LogP) is 1.82. The molecular formula is C20H30N2O4. The number of hydrogen-bond donors (Lipinski definition) is 1. The molecule has 2 saturated heterocycles. The normalized spacial score (nSPS) is 24.4. The van der Waals surface area contributed by atoms with Crippen molar-refractivity contribution in [1.29, 1.82) is 0 Å². The van der Waals surface area contributed by atoms with Crippen LogP contribution in [0.4, 0.5) is 0 Å². The van der Waals surface area contributed by atoms with E-state index in [0.717, 1.165) is 50.2 Å². The van der Waals surface area contributed by atoms with Gasteiger partial charge in [0.1, 0.15) is 5.56 Å². The first kappa shape index (κ1) is 19.1. The highest BCUT2D eigenvalue weighted by Crippen LogP contribution is 2.30. The van der Waals surface area contributed by atoms with Crippen molar-refractivity contribution in [3.8, 4) is 0 Å². The zero-order valence-corrected chi connectivity index (χ0v) is 16.0. The standard InChI is InChI=1S/C20H30N2O4/c1-4-18-13(2)11-15(20(24)22(18)3)19(23)21-17-7-10-26-12-16(17)14-5-8-25-9-6-14/h11,14,16-17H,4-10,12H2,1-3H3,(H,21,23)/t16-,17-/m0/s1. The molecule has 1 amide bonds. The van der Waals surface area contributed by atoms with Crippen LogP contribution in [0.1, 0.15) is 47.8 Å². The third-order valence-electron chi connectivity index (χ3n) is 5.92. The molecule has 6 heteroatoms. The quantitative estimate of drug-likeness (QED) is 0.887. The maximum atomic E-state index is 12.9. The van der Waals surface area contributed by atoms with Crippen molar-refractivity contribution < 1.29 is 14.3 Å². The van der Waals surface area contributed by atoms with Crippen LogP contribution in [-0.2, 0) is 22.9 Å². The van der Waals surface area contributed by atoms with Gasteiger partial charge in [-0.3, -0.25) is 9.59 Å². The van der Waals surface area contributed by atoms with Crippen molar-refractivity contribution in [3.05, 3.63) is 33.2 Å². The summed E-state index contributed by atoms with van der Waals surface area (Å²) in [5.41, 5.74) is 1.96. The van der Waals surface area contributed by atoms with E-state index in [1.165, 1.54) is 0 Å². The third-order valence-corrected chi connectivity index (χ3v) is 5.92. The monoisotopic (exact) mass is 362 g/mol. The zero-order valence-electron chi connectivity index (χ0n) is 16.0. The molecule has 144 valence electrons. The number of aromatic nitrogens is 1. The summed E-state index contributed by atoms with van der Waals surface area (Å²) in [6.07, 6.45) is 3.57. The van der Waals surface area contributed by atoms with Crippen LogP contribution in [0.5, 0.6) is 0 Å². The topological polar surface area (TPSA) is 69.6 Å². The maximum absolute atomic E-state index is 12.9. The van der Waals surface area contributed by atoms with E-state index >= 15 is 0 Å². The highest BCUT2D eigenvalue weighted by molar-refractivity contribution is 5.94. The van der Waals surface area contributed by atoms with Crippen molar-refractivity contribution in [3.63, 3.8) is 0 Å². The molecular weight excluding hydrogens is 332 g/mol. The van der Waals surface area contributed by atoms with Crippen LogP contribution in [0, 0.1) is 18.8 Å². The fraction of sp³-hybridized carbons (Fsp3) is 0.700. The second-order valence-electron chi connectivity index (χ2n) is 7.46. The fourth-order valence-corrected chi connectivity index (χ4v) is 4.40. The molecule has 26 heavy (non-hydrogen) atoms. The smallest absolute Gasteiger partial charge is 0.263 e. The number of amides is 1. The van der Waals surface area contributed by atoms with E-state index in [1.807, 2.05) is 13.8 Å². The van der Waals surface area contributed by atoms with E-state index in [0.29, 0.717) is 19.1 Å². The van der Waals surface area contributed by atoms with Gasteiger partial charge in [0.05, 0.1) is 6.61 Å². The Hall–Kier alpha value is -1.66. The molecule has 0 aromatic carbocycles. The van der Waals surface area contributed by atoms with Crippen molar-refractivity contribution in [1.82, 2.24) is 9.88 Å². The van der Waals surface area contributed by atoms with Crippen LogP contribution in [-0.4, -0.2) is 42.9 Å². The number of ether oxygens (including phenoxy) is 2. The molecule has 0 aliphatic carbocycles. The first-order valence-electron chi connectivity index (χ1n) is 9.68. The first-order chi connectivity index (χ1) is 12.5. The largest absolute Gasteiger partial charge is 0.381 e. The summed E-state index contributed by atoms with van der Waals surface area (Å²) >= 11 is 0. The molecule has 0 saturated carbocycles. The van der Waals surface area contributed by atoms with Crippen molar-refractivity contribution in [2.24, 2.45) is 18.9 Å². The lowest BCUT2D eigenvalue weighted by Gasteiger charge is -2.39. The van der Waals surface area contributed by atoms with Gasteiger partial charge in [0.2, 0.25) is 0 Å². The van der Waals surface area contributed by atoms with Crippen LogP contribution >= 0.6 is 0 Å². The van der Waals surface area contributed by atoms with E-state index in [4.69, 9.17) is 9.47 Å². The lowest BCUT2D eigenvalue weighted by Crippen LogP contribution is -2.50. The Labute approximate surface area is 154 Å². The predicted molar refractivity (Wildman–Crippen MR) is 99.5 cm³/mol. The summed E-state index contributed by atoms with van der Waals surface area (Å²) in [6, 6.07) is 1.79. The van der Waals surface area contributed by atoms with Gasteiger partial charge < -0.3 is 19.4 Å². The summed E-state index contributed by atoms with van der Waals surface area (Å²) < 4.78 is 12.8. The molecule has 3 heterocycles. The minimum Gasteiger partial charge on any atom is -0.381 e. The Morgan fingerprint density at radius 2 is 1.92 bits per heavy atom. The van der Waals surface area contributed by atoms with Crippen LogP contribution in [0.2, 0.25) is 0 Å². The molecule has 0 unspecified atom stereocenters. The van der Waals surface area contributed by atoms with E-state index < -0.39 is 0 Å². The molecule has 0 radical (unpaired) electrons. The maximum Gasteiger partial charge on any atom is 0.263 e.